The van der Waals surface area contributed by atoms with Gasteiger partial charge in [-0.25, -0.2) is 0 Å². The van der Waals surface area contributed by atoms with Gasteiger partial charge in [-0.1, -0.05) is 12.1 Å². The summed E-state index contributed by atoms with van der Waals surface area (Å²) in [7, 11) is 2.03. The summed E-state index contributed by atoms with van der Waals surface area (Å²) in [6.45, 7) is 0. The van der Waals surface area contributed by atoms with Crippen molar-refractivity contribution in [3.05, 3.63) is 71.3 Å². The molecule has 0 aliphatic rings. The summed E-state index contributed by atoms with van der Waals surface area (Å²) in [6.07, 6.45) is 4.25. The Morgan fingerprint density at radius 2 is 2.06 bits per heavy atom. The van der Waals surface area contributed by atoms with Gasteiger partial charge < -0.3 is 9.77 Å². The maximum absolute atomic E-state index is 11.6. The maximum atomic E-state index is 11.6. The second-order valence-electron chi connectivity index (χ2n) is 4.51. The molecule has 3 heteroatoms. The lowest BCUT2D eigenvalue weighted by Crippen LogP contribution is -2.30. The van der Waals surface area contributed by atoms with E-state index in [-0.39, 0.29) is 0 Å². The third-order valence-electron chi connectivity index (χ3n) is 3.24. The Morgan fingerprint density at radius 1 is 1.17 bits per heavy atom. The summed E-state index contributed by atoms with van der Waals surface area (Å²) in [6, 6.07) is 13.9. The third-order valence-corrected chi connectivity index (χ3v) is 3.24. The lowest BCUT2D eigenvalue weighted by atomic mass is 10.1. The van der Waals surface area contributed by atoms with Crippen molar-refractivity contribution in [1.29, 1.82) is 0 Å². The first-order valence-electron chi connectivity index (χ1n) is 5.95. The van der Waals surface area contributed by atoms with Crippen molar-refractivity contribution in [2.45, 2.75) is 6.42 Å². The zero-order valence-electron chi connectivity index (χ0n) is 10.2. The lowest BCUT2D eigenvalue weighted by Gasteiger charge is -2.04. The Hall–Kier alpha value is -2.29. The minimum atomic E-state index is 0.662. The van der Waals surface area contributed by atoms with Crippen LogP contribution in [0.25, 0.3) is 10.9 Å². The minimum absolute atomic E-state index is 0.662. The van der Waals surface area contributed by atoms with Gasteiger partial charge in [0.05, 0.1) is 6.42 Å². The Kier molecular flexibility index (Phi) is 2.52. The summed E-state index contributed by atoms with van der Waals surface area (Å²) in [4.78, 5) is 0. The van der Waals surface area contributed by atoms with E-state index < -0.39 is 0 Å². The van der Waals surface area contributed by atoms with Crippen LogP contribution in [0.1, 0.15) is 11.3 Å². The SMILES string of the molecule is Cn1ccc2cc(Cc3cccc[n+]3[O-])ccc21. The third kappa shape index (κ3) is 1.84. The van der Waals surface area contributed by atoms with E-state index in [1.807, 2.05) is 25.4 Å². The molecule has 0 atom stereocenters. The van der Waals surface area contributed by atoms with Gasteiger partial charge in [0.1, 0.15) is 0 Å². The first-order valence-corrected chi connectivity index (χ1v) is 5.95. The molecule has 3 rings (SSSR count). The number of fused-ring (bicyclic) bond motifs is 1. The molecule has 2 aromatic heterocycles. The van der Waals surface area contributed by atoms with E-state index >= 15 is 0 Å². The zero-order chi connectivity index (χ0) is 12.5. The number of hydrogen-bond acceptors (Lipinski definition) is 1. The molecule has 90 valence electrons. The van der Waals surface area contributed by atoms with Gasteiger partial charge in [0, 0.05) is 30.9 Å². The Labute approximate surface area is 105 Å². The quantitative estimate of drug-likeness (QED) is 0.498. The summed E-state index contributed by atoms with van der Waals surface area (Å²) in [5.74, 6) is 0. The average molecular weight is 238 g/mol. The Bertz CT molecular complexity index is 701. The van der Waals surface area contributed by atoms with Crippen LogP contribution in [0.5, 0.6) is 0 Å². The molecule has 0 saturated heterocycles. The lowest BCUT2D eigenvalue weighted by molar-refractivity contribution is -0.613. The molecule has 0 fully saturated rings. The van der Waals surface area contributed by atoms with Crippen LogP contribution in [0, 0.1) is 5.21 Å². The molecule has 3 aromatic rings. The molecule has 0 bridgehead atoms. The molecule has 0 aliphatic carbocycles. The predicted molar refractivity (Wildman–Crippen MR) is 71.1 cm³/mol. The minimum Gasteiger partial charge on any atom is -0.618 e. The second-order valence-corrected chi connectivity index (χ2v) is 4.51. The van der Waals surface area contributed by atoms with Crippen LogP contribution in [0.4, 0.5) is 0 Å². The van der Waals surface area contributed by atoms with Crippen LogP contribution in [0.3, 0.4) is 0 Å². The zero-order valence-corrected chi connectivity index (χ0v) is 10.2. The summed E-state index contributed by atoms with van der Waals surface area (Å²) in [5, 5.41) is 12.8. The molecule has 1 aromatic carbocycles. The van der Waals surface area contributed by atoms with Crippen molar-refractivity contribution in [2.24, 2.45) is 7.05 Å². The fourth-order valence-electron chi connectivity index (χ4n) is 2.25. The number of pyridine rings is 1. The average Bonchev–Trinajstić information content (AvgIpc) is 2.74. The van der Waals surface area contributed by atoms with Crippen molar-refractivity contribution in [2.75, 3.05) is 0 Å². The number of aromatic nitrogens is 2. The molecular formula is C15H14N2O. The highest BCUT2D eigenvalue weighted by Gasteiger charge is 2.06. The summed E-state index contributed by atoms with van der Waals surface area (Å²) < 4.78 is 3.02. The van der Waals surface area contributed by atoms with E-state index in [2.05, 4.69) is 28.8 Å². The van der Waals surface area contributed by atoms with Crippen LogP contribution in [0.15, 0.2) is 54.9 Å². The van der Waals surface area contributed by atoms with Gasteiger partial charge in [0.25, 0.3) is 0 Å². The van der Waals surface area contributed by atoms with Crippen molar-refractivity contribution in [3.8, 4) is 0 Å². The monoisotopic (exact) mass is 238 g/mol. The number of rotatable bonds is 2. The van der Waals surface area contributed by atoms with Crippen LogP contribution in [-0.2, 0) is 13.5 Å². The fraction of sp³-hybridized carbons (Fsp3) is 0.133. The molecule has 2 heterocycles. The van der Waals surface area contributed by atoms with Gasteiger partial charge in [0.15, 0.2) is 11.9 Å². The van der Waals surface area contributed by atoms with Crippen LogP contribution in [0.2, 0.25) is 0 Å². The Morgan fingerprint density at radius 3 is 2.89 bits per heavy atom. The first kappa shape index (κ1) is 10.8. The molecule has 18 heavy (non-hydrogen) atoms. The molecule has 0 radical (unpaired) electrons. The normalized spacial score (nSPS) is 10.9. The molecule has 0 aliphatic heterocycles. The smallest absolute Gasteiger partial charge is 0.197 e. The van der Waals surface area contributed by atoms with E-state index in [1.54, 1.807) is 6.07 Å². The van der Waals surface area contributed by atoms with Crippen molar-refractivity contribution >= 4 is 10.9 Å². The highest BCUT2D eigenvalue weighted by molar-refractivity contribution is 5.80. The fourth-order valence-corrected chi connectivity index (χ4v) is 2.25. The van der Waals surface area contributed by atoms with Crippen LogP contribution in [-0.4, -0.2) is 4.57 Å². The topological polar surface area (TPSA) is 31.9 Å². The first-order chi connectivity index (χ1) is 8.74. The van der Waals surface area contributed by atoms with Gasteiger partial charge in [-0.15, -0.1) is 0 Å². The maximum Gasteiger partial charge on any atom is 0.197 e. The van der Waals surface area contributed by atoms with E-state index in [4.69, 9.17) is 0 Å². The largest absolute Gasteiger partial charge is 0.618 e. The number of nitrogens with zero attached hydrogens (tertiary/aromatic N) is 2. The molecule has 0 spiro atoms. The second kappa shape index (κ2) is 4.18. The van der Waals surface area contributed by atoms with Gasteiger partial charge in [-0.05, 0) is 29.1 Å². The van der Waals surface area contributed by atoms with Gasteiger partial charge >= 0.3 is 0 Å². The molecule has 0 unspecified atom stereocenters. The van der Waals surface area contributed by atoms with Crippen molar-refractivity contribution < 1.29 is 4.73 Å². The van der Waals surface area contributed by atoms with Gasteiger partial charge in [0.2, 0.25) is 0 Å². The van der Waals surface area contributed by atoms with Crippen molar-refractivity contribution in [3.63, 3.8) is 0 Å². The number of aryl methyl sites for hydroxylation is 1. The van der Waals surface area contributed by atoms with E-state index in [9.17, 15) is 5.21 Å². The van der Waals surface area contributed by atoms with E-state index in [1.165, 1.54) is 17.1 Å². The predicted octanol–water partition coefficient (Wildman–Crippen LogP) is 2.40. The molecular weight excluding hydrogens is 224 g/mol. The number of benzene rings is 1. The van der Waals surface area contributed by atoms with E-state index in [0.29, 0.717) is 6.42 Å². The number of hydrogen-bond donors (Lipinski definition) is 0. The molecule has 0 N–H and O–H groups in total. The van der Waals surface area contributed by atoms with Crippen molar-refractivity contribution in [1.82, 2.24) is 4.57 Å². The molecule has 3 nitrogen and oxygen atoms in total. The van der Waals surface area contributed by atoms with Gasteiger partial charge in [-0.2, -0.15) is 4.73 Å². The molecule has 0 saturated carbocycles. The standard InChI is InChI=1S/C15H14N2O/c1-16-9-7-13-10-12(5-6-15(13)16)11-14-4-2-3-8-17(14)18/h2-10H,11H2,1H3. The molecule has 0 amide bonds. The van der Waals surface area contributed by atoms with E-state index in [0.717, 1.165) is 16.0 Å². The van der Waals surface area contributed by atoms with Crippen LogP contribution < -0.4 is 4.73 Å². The van der Waals surface area contributed by atoms with Gasteiger partial charge in [-0.3, -0.25) is 0 Å². The van der Waals surface area contributed by atoms with Crippen LogP contribution >= 0.6 is 0 Å². The summed E-state index contributed by atoms with van der Waals surface area (Å²) >= 11 is 0. The Balaban J connectivity index is 1.98. The summed E-state index contributed by atoms with van der Waals surface area (Å²) in [5.41, 5.74) is 3.14. The highest BCUT2D eigenvalue weighted by Crippen LogP contribution is 2.18. The highest BCUT2D eigenvalue weighted by atomic mass is 16.5.